The molecule has 0 radical (unpaired) electrons. The highest BCUT2D eigenvalue weighted by molar-refractivity contribution is 7.91. The number of carbonyl (C=O) groups is 1. The highest BCUT2D eigenvalue weighted by Gasteiger charge is 2.37. The van der Waals surface area contributed by atoms with Crippen LogP contribution in [-0.2, 0) is 21.1 Å². The minimum atomic E-state index is -3.40. The molecule has 11 heteroatoms. The molecule has 1 fully saturated rings. The fourth-order valence-electron chi connectivity index (χ4n) is 4.39. The summed E-state index contributed by atoms with van der Waals surface area (Å²) in [6, 6.07) is 13.7. The number of hydrogen-bond acceptors (Lipinski definition) is 9. The van der Waals surface area contributed by atoms with Crippen LogP contribution >= 0.6 is 0 Å². The molecular formula is C24H26N4O6S. The lowest BCUT2D eigenvalue weighted by Gasteiger charge is -2.40. The summed E-state index contributed by atoms with van der Waals surface area (Å²) in [7, 11) is -3.40. The van der Waals surface area contributed by atoms with E-state index in [9.17, 15) is 13.2 Å². The van der Waals surface area contributed by atoms with Crippen molar-refractivity contribution in [1.82, 2.24) is 4.98 Å². The number of nitrogens with zero attached hydrogens (tertiary/aromatic N) is 2. The van der Waals surface area contributed by atoms with Gasteiger partial charge in [-0.1, -0.05) is 18.2 Å². The molecule has 0 bridgehead atoms. The van der Waals surface area contributed by atoms with Gasteiger partial charge in [-0.2, -0.15) is 0 Å². The molecule has 2 aromatic carbocycles. The average molecular weight is 499 g/mol. The van der Waals surface area contributed by atoms with E-state index in [2.05, 4.69) is 5.32 Å². The third-order valence-corrected chi connectivity index (χ3v) is 8.29. The first kappa shape index (κ1) is 23.3. The molecule has 3 aromatic rings. The van der Waals surface area contributed by atoms with Crippen molar-refractivity contribution in [3.8, 4) is 5.75 Å². The average Bonchev–Trinajstić information content (AvgIpc) is 2.94. The molecular weight excluding hydrogens is 472 g/mol. The highest BCUT2D eigenvalue weighted by Crippen LogP contribution is 2.34. The van der Waals surface area contributed by atoms with Crippen molar-refractivity contribution in [2.75, 3.05) is 48.8 Å². The van der Waals surface area contributed by atoms with Crippen LogP contribution in [0.25, 0.3) is 10.9 Å². The van der Waals surface area contributed by atoms with Crippen molar-refractivity contribution >= 4 is 38.4 Å². The molecule has 0 amide bonds. The number of fused-ring (bicyclic) bond motifs is 2. The number of aromatic nitrogens is 1. The van der Waals surface area contributed by atoms with Gasteiger partial charge in [0.25, 0.3) is 0 Å². The summed E-state index contributed by atoms with van der Waals surface area (Å²) in [4.78, 5) is 18.1. The molecule has 35 heavy (non-hydrogen) atoms. The number of hydrogen-bond donors (Lipinski definition) is 3. The van der Waals surface area contributed by atoms with Gasteiger partial charge in [0.2, 0.25) is 0 Å². The first-order valence-corrected chi connectivity index (χ1v) is 12.9. The fraction of sp³-hybridized carbons (Fsp3) is 0.333. The number of nitrogens with one attached hydrogen (secondary N) is 1. The number of ether oxygens (including phenoxy) is 2. The van der Waals surface area contributed by atoms with Crippen molar-refractivity contribution in [2.24, 2.45) is 11.1 Å². The molecule has 0 unspecified atom stereocenters. The Morgan fingerprint density at radius 1 is 1.23 bits per heavy atom. The summed E-state index contributed by atoms with van der Waals surface area (Å²) >= 11 is 0. The van der Waals surface area contributed by atoms with E-state index in [1.807, 2.05) is 23.1 Å². The van der Waals surface area contributed by atoms with Crippen LogP contribution in [0.1, 0.15) is 5.56 Å². The van der Waals surface area contributed by atoms with Gasteiger partial charge in [-0.3, -0.25) is 0 Å². The van der Waals surface area contributed by atoms with Gasteiger partial charge in [-0.25, -0.2) is 18.2 Å². The van der Waals surface area contributed by atoms with Crippen LogP contribution < -0.4 is 20.7 Å². The highest BCUT2D eigenvalue weighted by atomic mass is 32.2. The number of rotatable bonds is 6. The Kier molecular flexibility index (Phi) is 5.99. The standard InChI is InChI=1S/C24H26N4O6S/c25-12-24(14-33-15-24)13-26-20-10-22(27-19-6-5-17(9-18(19)20)34-23(29)30)28-7-8-35(31,32)21-4-2-1-3-16(21)11-28/h1-6,9-10H,7-8,11-15,25H2,(H,26,27)(H,29,30). The Morgan fingerprint density at radius 2 is 2.03 bits per heavy atom. The largest absolute Gasteiger partial charge is 0.511 e. The number of nitrogens with two attached hydrogens (primary N) is 1. The fourth-order valence-corrected chi connectivity index (χ4v) is 5.89. The molecule has 2 aliphatic heterocycles. The summed E-state index contributed by atoms with van der Waals surface area (Å²) < 4.78 is 35.8. The molecule has 2 aliphatic rings. The number of pyridine rings is 1. The summed E-state index contributed by atoms with van der Waals surface area (Å²) in [5.74, 6) is 0.772. The Morgan fingerprint density at radius 3 is 2.74 bits per heavy atom. The van der Waals surface area contributed by atoms with Gasteiger partial charge in [-0.05, 0) is 29.8 Å². The van der Waals surface area contributed by atoms with Crippen LogP contribution in [-0.4, -0.2) is 63.3 Å². The molecule has 0 atom stereocenters. The summed E-state index contributed by atoms with van der Waals surface area (Å²) in [5.41, 5.74) is 7.86. The van der Waals surface area contributed by atoms with Crippen molar-refractivity contribution < 1.29 is 27.8 Å². The number of benzene rings is 2. The molecule has 184 valence electrons. The second-order valence-corrected chi connectivity index (χ2v) is 11.1. The minimum Gasteiger partial charge on any atom is -0.449 e. The van der Waals surface area contributed by atoms with E-state index in [0.29, 0.717) is 54.5 Å². The van der Waals surface area contributed by atoms with Crippen LogP contribution in [0.4, 0.5) is 16.3 Å². The maximum absolute atomic E-state index is 12.8. The van der Waals surface area contributed by atoms with E-state index in [1.165, 1.54) is 0 Å². The van der Waals surface area contributed by atoms with Crippen molar-refractivity contribution in [3.05, 3.63) is 54.1 Å². The number of anilines is 2. The van der Waals surface area contributed by atoms with Crippen LogP contribution in [0.5, 0.6) is 5.75 Å². The maximum Gasteiger partial charge on any atom is 0.511 e. The zero-order chi connectivity index (χ0) is 24.6. The smallest absolute Gasteiger partial charge is 0.449 e. The predicted molar refractivity (Wildman–Crippen MR) is 131 cm³/mol. The third-order valence-electron chi connectivity index (χ3n) is 6.50. The predicted octanol–water partition coefficient (Wildman–Crippen LogP) is 2.47. The molecule has 1 saturated heterocycles. The van der Waals surface area contributed by atoms with E-state index >= 15 is 0 Å². The Labute approximate surface area is 202 Å². The van der Waals surface area contributed by atoms with Gasteiger partial charge >= 0.3 is 6.16 Å². The second kappa shape index (κ2) is 8.99. The Bertz CT molecular complexity index is 1380. The van der Waals surface area contributed by atoms with E-state index < -0.39 is 16.0 Å². The van der Waals surface area contributed by atoms with Gasteiger partial charge in [0, 0.05) is 48.7 Å². The Hall–Kier alpha value is -3.41. The van der Waals surface area contributed by atoms with E-state index in [0.717, 1.165) is 11.3 Å². The topological polar surface area (TPSA) is 144 Å². The van der Waals surface area contributed by atoms with Gasteiger partial charge in [-0.15, -0.1) is 0 Å². The van der Waals surface area contributed by atoms with Gasteiger partial charge in [0.1, 0.15) is 11.6 Å². The van der Waals surface area contributed by atoms with Crippen LogP contribution in [0.3, 0.4) is 0 Å². The lowest BCUT2D eigenvalue weighted by atomic mass is 9.86. The lowest BCUT2D eigenvalue weighted by Crippen LogP contribution is -2.52. The van der Waals surface area contributed by atoms with Gasteiger partial charge in [0.05, 0.1) is 29.4 Å². The Balaban J connectivity index is 1.55. The number of carboxylic acid groups (broad SMARTS) is 1. The molecule has 1 aromatic heterocycles. The second-order valence-electron chi connectivity index (χ2n) is 8.97. The number of sulfone groups is 1. The first-order chi connectivity index (χ1) is 16.8. The van der Waals surface area contributed by atoms with E-state index in [4.69, 9.17) is 25.3 Å². The summed E-state index contributed by atoms with van der Waals surface area (Å²) in [6.07, 6.45) is -1.40. The molecule has 4 N–H and O–H groups in total. The minimum absolute atomic E-state index is 0.0223. The summed E-state index contributed by atoms with van der Waals surface area (Å²) in [5, 5.41) is 13.1. The normalized spacial score (nSPS) is 18.3. The third kappa shape index (κ3) is 4.62. The molecule has 3 heterocycles. The van der Waals surface area contributed by atoms with Gasteiger partial charge in [0.15, 0.2) is 9.84 Å². The molecule has 5 rings (SSSR count). The molecule has 0 saturated carbocycles. The molecule has 10 nitrogen and oxygen atoms in total. The van der Waals surface area contributed by atoms with Crippen molar-refractivity contribution in [2.45, 2.75) is 11.4 Å². The summed E-state index contributed by atoms with van der Waals surface area (Å²) in [6.45, 7) is 2.82. The van der Waals surface area contributed by atoms with E-state index in [1.54, 1.807) is 30.3 Å². The van der Waals surface area contributed by atoms with Gasteiger partial charge < -0.3 is 30.5 Å². The maximum atomic E-state index is 12.8. The first-order valence-electron chi connectivity index (χ1n) is 11.2. The lowest BCUT2D eigenvalue weighted by molar-refractivity contribution is -0.0979. The van der Waals surface area contributed by atoms with Crippen molar-refractivity contribution in [1.29, 1.82) is 0 Å². The van der Waals surface area contributed by atoms with Crippen molar-refractivity contribution in [3.63, 3.8) is 0 Å². The monoisotopic (exact) mass is 498 g/mol. The SMILES string of the molecule is NCC1(CNc2cc(N3CCS(=O)(=O)c4ccccc4C3)nc3ccc(OC(=O)O)cc23)COC1. The van der Waals surface area contributed by atoms with Crippen LogP contribution in [0.15, 0.2) is 53.4 Å². The zero-order valence-electron chi connectivity index (χ0n) is 18.9. The molecule has 0 aliphatic carbocycles. The van der Waals surface area contributed by atoms with Crippen LogP contribution in [0, 0.1) is 5.41 Å². The van der Waals surface area contributed by atoms with Crippen LogP contribution in [0.2, 0.25) is 0 Å². The van der Waals surface area contributed by atoms with E-state index in [-0.39, 0.29) is 23.5 Å². The quantitative estimate of drug-likeness (QED) is 0.342. The zero-order valence-corrected chi connectivity index (χ0v) is 19.8. The molecule has 0 spiro atoms.